The lowest BCUT2D eigenvalue weighted by atomic mass is 10.2. The molecule has 0 unspecified atom stereocenters. The maximum absolute atomic E-state index is 5.82. The van der Waals surface area contributed by atoms with Gasteiger partial charge in [-0.2, -0.15) is 0 Å². The maximum Gasteiger partial charge on any atom is 0.423 e. The number of hydrogen-bond donors (Lipinski definition) is 2. The van der Waals surface area contributed by atoms with Crippen molar-refractivity contribution in [1.82, 2.24) is 0 Å². The summed E-state index contributed by atoms with van der Waals surface area (Å²) in [6, 6.07) is 29.3. The monoisotopic (exact) mass is 765 g/mol. The normalized spacial score (nSPS) is 11.5. The molecule has 50 heavy (non-hydrogen) atoms. The second kappa shape index (κ2) is 27.7. The van der Waals surface area contributed by atoms with Gasteiger partial charge in [0.05, 0.1) is 0 Å². The minimum atomic E-state index is -2.37. The summed E-state index contributed by atoms with van der Waals surface area (Å²) >= 11 is 0. The molecule has 0 amide bonds. The molecule has 0 saturated heterocycles. The van der Waals surface area contributed by atoms with Crippen LogP contribution in [0.4, 0.5) is 0 Å². The lowest BCUT2D eigenvalue weighted by molar-refractivity contribution is 0.197. The van der Waals surface area contributed by atoms with Gasteiger partial charge in [-0.3, -0.25) is 0 Å². The van der Waals surface area contributed by atoms with Crippen LogP contribution in [0.1, 0.15) is 39.7 Å². The van der Waals surface area contributed by atoms with Crippen molar-refractivity contribution in [3.05, 3.63) is 90.5 Å². The van der Waals surface area contributed by atoms with Gasteiger partial charge in [-0.1, -0.05) is 105 Å². The average molecular weight is 766 g/mol. The summed E-state index contributed by atoms with van der Waals surface area (Å²) in [6.45, 7) is 11.6. The summed E-state index contributed by atoms with van der Waals surface area (Å²) < 4.78 is 43.5. The van der Waals surface area contributed by atoms with E-state index >= 15 is 0 Å². The Balaban J connectivity index is 0.000000650. The molecule has 0 fully saturated rings. The van der Waals surface area contributed by atoms with Gasteiger partial charge in [0.25, 0.3) is 0 Å². The van der Waals surface area contributed by atoms with Gasteiger partial charge in [-0.05, 0) is 54.0 Å². The molecular formula is C36H65N2O8Si4. The first-order chi connectivity index (χ1) is 24.1. The van der Waals surface area contributed by atoms with Crippen molar-refractivity contribution in [2.75, 3.05) is 68.2 Å². The molecule has 4 N–H and O–H groups in total. The van der Waals surface area contributed by atoms with E-state index in [9.17, 15) is 0 Å². The van der Waals surface area contributed by atoms with Crippen LogP contribution in [0.2, 0.25) is 12.6 Å². The van der Waals surface area contributed by atoms with Crippen molar-refractivity contribution < 1.29 is 35.4 Å². The van der Waals surface area contributed by atoms with Crippen molar-refractivity contribution in [3.63, 3.8) is 0 Å². The summed E-state index contributed by atoms with van der Waals surface area (Å²) in [5, 5.41) is 3.40. The Morgan fingerprint density at radius 1 is 0.560 bits per heavy atom. The Morgan fingerprint density at radius 2 is 0.980 bits per heavy atom. The molecule has 0 aliphatic carbocycles. The largest absolute Gasteiger partial charge is 0.423 e. The molecule has 0 aliphatic heterocycles. The van der Waals surface area contributed by atoms with Crippen molar-refractivity contribution in [2.45, 2.75) is 53.1 Å². The first-order valence-corrected chi connectivity index (χ1v) is 25.0. The second-order valence-corrected chi connectivity index (χ2v) is 22.8. The van der Waals surface area contributed by atoms with E-state index < -0.39 is 35.0 Å². The SMILES string of the molecule is CCC[Si](C)(OC)OC.CCO[Si](CN)(OCC)c1ccccc1.CCc1ccccc1[Si](OC)OC.CO[Si](CN)(OC)c1ccccc1. The summed E-state index contributed by atoms with van der Waals surface area (Å²) in [5.41, 5.74) is 12.8. The Morgan fingerprint density at radius 3 is 1.30 bits per heavy atom. The molecule has 0 atom stereocenters. The molecule has 3 rings (SSSR count). The van der Waals surface area contributed by atoms with Crippen molar-refractivity contribution >= 4 is 50.5 Å². The van der Waals surface area contributed by atoms with E-state index in [4.69, 9.17) is 46.9 Å². The number of rotatable bonds is 18. The van der Waals surface area contributed by atoms with Crippen LogP contribution in [0.25, 0.3) is 0 Å². The Bertz CT molecular complexity index is 1210. The number of hydrogen-bond acceptors (Lipinski definition) is 10. The van der Waals surface area contributed by atoms with Gasteiger partial charge >= 0.3 is 35.0 Å². The standard InChI is InChI=1S/C11H19NO2Si.C10H15O2Si.C9H15NO2Si.C6H16O2Si/c1-3-13-15(10-12,14-4-2)11-8-6-5-7-9-11;1-4-9-7-5-6-8-10(9)13(11-2)12-3;1-11-13(8-10,12-2)9-6-4-3-5-7-9;1-5-6-9(4,7-2)8-3/h5-9H,3-4,10,12H2,1-2H3;5-8H,4H2,1-3H3;3-7H,8,10H2,1-2H3;5-6H2,1-4H3. The van der Waals surface area contributed by atoms with Crippen LogP contribution < -0.4 is 27.0 Å². The molecule has 3 aromatic carbocycles. The van der Waals surface area contributed by atoms with Crippen molar-refractivity contribution in [3.8, 4) is 0 Å². The van der Waals surface area contributed by atoms with E-state index in [-0.39, 0.29) is 0 Å². The number of aryl methyl sites for hydroxylation is 1. The number of nitrogens with two attached hydrogens (primary N) is 2. The Labute approximate surface area is 308 Å². The van der Waals surface area contributed by atoms with Gasteiger partial charge in [-0.15, -0.1) is 0 Å². The quantitative estimate of drug-likeness (QED) is 0.184. The molecule has 0 aromatic heterocycles. The third-order valence-corrected chi connectivity index (χ3v) is 19.1. The number of benzene rings is 3. The van der Waals surface area contributed by atoms with Crippen molar-refractivity contribution in [2.24, 2.45) is 11.5 Å². The summed E-state index contributed by atoms with van der Waals surface area (Å²) in [6.07, 6.45) is 3.06. The molecule has 0 aliphatic rings. The fourth-order valence-electron chi connectivity index (χ4n) is 4.97. The molecule has 1 radical (unpaired) electrons. The fourth-order valence-corrected chi connectivity index (χ4v) is 12.2. The van der Waals surface area contributed by atoms with E-state index in [1.165, 1.54) is 10.8 Å². The third kappa shape index (κ3) is 15.8. The summed E-state index contributed by atoms with van der Waals surface area (Å²) in [5.74, 6) is 0. The zero-order chi connectivity index (χ0) is 37.9. The smallest absolute Gasteiger partial charge is 0.398 e. The predicted octanol–water partition coefficient (Wildman–Crippen LogP) is 4.03. The highest BCUT2D eigenvalue weighted by atomic mass is 28.4. The van der Waals surface area contributed by atoms with Crippen LogP contribution in [0.5, 0.6) is 0 Å². The molecule has 283 valence electrons. The van der Waals surface area contributed by atoms with Gasteiger partial charge in [0, 0.05) is 68.2 Å². The zero-order valence-corrected chi connectivity index (χ0v) is 36.5. The molecule has 0 heterocycles. The van der Waals surface area contributed by atoms with E-state index in [0.29, 0.717) is 25.5 Å². The minimum absolute atomic E-state index is 0.435. The summed E-state index contributed by atoms with van der Waals surface area (Å²) in [7, 11) is 2.53. The topological polar surface area (TPSA) is 126 Å². The molecule has 3 aromatic rings. The van der Waals surface area contributed by atoms with Crippen LogP contribution in [0.15, 0.2) is 84.9 Å². The second-order valence-electron chi connectivity index (χ2n) is 10.9. The third-order valence-electron chi connectivity index (χ3n) is 7.94. The van der Waals surface area contributed by atoms with Crippen LogP contribution in [-0.4, -0.2) is 103 Å². The fraction of sp³-hybridized carbons (Fsp3) is 0.500. The van der Waals surface area contributed by atoms with Crippen LogP contribution in [-0.2, 0) is 41.8 Å². The highest BCUT2D eigenvalue weighted by Gasteiger charge is 2.38. The molecule has 10 nitrogen and oxygen atoms in total. The first-order valence-electron chi connectivity index (χ1n) is 17.1. The lowest BCUT2D eigenvalue weighted by Crippen LogP contribution is -2.59. The van der Waals surface area contributed by atoms with Gasteiger partial charge in [0.1, 0.15) is 0 Å². The Kier molecular flexibility index (Phi) is 26.7. The van der Waals surface area contributed by atoms with Crippen molar-refractivity contribution in [1.29, 1.82) is 0 Å². The minimum Gasteiger partial charge on any atom is -0.398 e. The van der Waals surface area contributed by atoms with Gasteiger partial charge < -0.3 is 46.9 Å². The van der Waals surface area contributed by atoms with Gasteiger partial charge in [-0.25, -0.2) is 0 Å². The van der Waals surface area contributed by atoms with Gasteiger partial charge in [0.15, 0.2) is 0 Å². The molecule has 0 spiro atoms. The molecule has 0 bridgehead atoms. The average Bonchev–Trinajstić information content (AvgIpc) is 3.18. The van der Waals surface area contributed by atoms with Crippen LogP contribution >= 0.6 is 0 Å². The maximum atomic E-state index is 5.82. The van der Waals surface area contributed by atoms with E-state index in [0.717, 1.165) is 29.3 Å². The van der Waals surface area contributed by atoms with Gasteiger partial charge in [0.2, 0.25) is 0 Å². The zero-order valence-electron chi connectivity index (χ0n) is 32.5. The molecule has 14 heteroatoms. The Hall–Kier alpha value is -1.87. The highest BCUT2D eigenvalue weighted by molar-refractivity contribution is 6.81. The molecule has 0 saturated carbocycles. The van der Waals surface area contributed by atoms with E-state index in [1.54, 1.807) is 42.7 Å². The highest BCUT2D eigenvalue weighted by Crippen LogP contribution is 2.12. The van der Waals surface area contributed by atoms with E-state index in [2.05, 4.69) is 32.5 Å². The van der Waals surface area contributed by atoms with Crippen LogP contribution in [0.3, 0.4) is 0 Å². The lowest BCUT2D eigenvalue weighted by Gasteiger charge is -2.28. The molecular weight excluding hydrogens is 701 g/mol. The predicted molar refractivity (Wildman–Crippen MR) is 215 cm³/mol. The van der Waals surface area contributed by atoms with Crippen LogP contribution in [0, 0.1) is 0 Å². The first kappa shape index (κ1) is 48.1. The summed E-state index contributed by atoms with van der Waals surface area (Å²) in [4.78, 5) is 0. The van der Waals surface area contributed by atoms with E-state index in [1.807, 2.05) is 86.6 Å².